The summed E-state index contributed by atoms with van der Waals surface area (Å²) in [4.78, 5) is 30.6. The zero-order chi connectivity index (χ0) is 21.8. The Balaban J connectivity index is 1.40. The Bertz CT molecular complexity index is 1040. The molecule has 2 aromatic rings. The summed E-state index contributed by atoms with van der Waals surface area (Å²) in [5, 5.41) is 2.86. The molecule has 1 aromatic carbocycles. The minimum absolute atomic E-state index is 0.0613. The van der Waals surface area contributed by atoms with E-state index in [9.17, 15) is 18.0 Å². The van der Waals surface area contributed by atoms with Crippen molar-refractivity contribution in [2.75, 3.05) is 24.5 Å². The molecule has 0 radical (unpaired) electrons. The number of nitrogens with one attached hydrogen (secondary N) is 1. The van der Waals surface area contributed by atoms with Crippen molar-refractivity contribution < 1.29 is 18.0 Å². The van der Waals surface area contributed by atoms with Gasteiger partial charge in [-0.2, -0.15) is 4.31 Å². The summed E-state index contributed by atoms with van der Waals surface area (Å²) in [6.07, 6.45) is 4.28. The summed E-state index contributed by atoms with van der Waals surface area (Å²) in [6, 6.07) is 11.9. The van der Waals surface area contributed by atoms with E-state index in [0.717, 1.165) is 12.1 Å². The molecular weight excluding hydrogens is 416 g/mol. The Morgan fingerprint density at radius 1 is 1.10 bits per heavy atom. The first kappa shape index (κ1) is 21.5. The van der Waals surface area contributed by atoms with Crippen molar-refractivity contribution in [1.29, 1.82) is 0 Å². The van der Waals surface area contributed by atoms with Crippen molar-refractivity contribution in [1.82, 2.24) is 14.6 Å². The number of aromatic nitrogens is 1. The van der Waals surface area contributed by atoms with Crippen molar-refractivity contribution in [2.24, 2.45) is 5.92 Å². The fourth-order valence-corrected chi connectivity index (χ4v) is 5.59. The normalized spacial score (nSPS) is 20.1. The van der Waals surface area contributed by atoms with E-state index >= 15 is 0 Å². The van der Waals surface area contributed by atoms with Gasteiger partial charge in [0, 0.05) is 37.9 Å². The number of benzene rings is 1. The summed E-state index contributed by atoms with van der Waals surface area (Å²) in [6.45, 7) is 1.52. The lowest BCUT2D eigenvalue weighted by Gasteiger charge is -2.31. The maximum absolute atomic E-state index is 13.1. The highest BCUT2D eigenvalue weighted by Crippen LogP contribution is 2.27. The van der Waals surface area contributed by atoms with Crippen molar-refractivity contribution >= 4 is 27.5 Å². The van der Waals surface area contributed by atoms with Gasteiger partial charge in [0.25, 0.3) is 0 Å². The monoisotopic (exact) mass is 442 g/mol. The second-order valence-electron chi connectivity index (χ2n) is 7.88. The topological polar surface area (TPSA) is 99.7 Å². The zero-order valence-electron chi connectivity index (χ0n) is 17.2. The largest absolute Gasteiger partial charge is 0.350 e. The number of pyridine rings is 1. The van der Waals surface area contributed by atoms with Crippen LogP contribution < -0.4 is 10.2 Å². The highest BCUT2D eigenvalue weighted by atomic mass is 32.2. The van der Waals surface area contributed by atoms with Gasteiger partial charge in [-0.25, -0.2) is 8.42 Å². The number of carbonyl (C=O) groups excluding carboxylic acids is 2. The first-order valence-electron chi connectivity index (χ1n) is 10.5. The molecule has 2 aliphatic rings. The Hall–Kier alpha value is -2.78. The molecule has 4 rings (SSSR count). The standard InChI is InChI=1S/C22H26N4O4S/c27-21-7-4-14-26(21)19-8-10-20(11-9-19)31(29,30)25-13-3-5-17(16-25)22(28)24-15-18-6-1-2-12-23-18/h1-2,6,8-12,17H,3-5,7,13-16H2,(H,24,28)/t17-/m0/s1. The van der Waals surface area contributed by atoms with Gasteiger partial charge in [0.2, 0.25) is 21.8 Å². The van der Waals surface area contributed by atoms with Crippen molar-refractivity contribution in [3.63, 3.8) is 0 Å². The van der Waals surface area contributed by atoms with Crippen LogP contribution in [0.1, 0.15) is 31.4 Å². The fourth-order valence-electron chi connectivity index (χ4n) is 4.07. The third-order valence-corrected chi connectivity index (χ3v) is 7.66. The van der Waals surface area contributed by atoms with E-state index in [-0.39, 0.29) is 23.3 Å². The van der Waals surface area contributed by atoms with Crippen LogP contribution >= 0.6 is 0 Å². The van der Waals surface area contributed by atoms with Gasteiger partial charge in [0.1, 0.15) is 0 Å². The van der Waals surface area contributed by atoms with Gasteiger partial charge < -0.3 is 10.2 Å². The van der Waals surface area contributed by atoms with E-state index in [1.807, 2.05) is 18.2 Å². The highest BCUT2D eigenvalue weighted by molar-refractivity contribution is 7.89. The molecule has 2 saturated heterocycles. The van der Waals surface area contributed by atoms with Gasteiger partial charge in [-0.3, -0.25) is 14.6 Å². The molecule has 0 aliphatic carbocycles. The van der Waals surface area contributed by atoms with Crippen LogP contribution in [0.2, 0.25) is 0 Å². The third-order valence-electron chi connectivity index (χ3n) is 5.78. The molecule has 0 bridgehead atoms. The van der Waals surface area contributed by atoms with E-state index in [1.165, 1.54) is 4.31 Å². The maximum Gasteiger partial charge on any atom is 0.243 e. The fraction of sp³-hybridized carbons (Fsp3) is 0.409. The number of rotatable bonds is 6. The minimum atomic E-state index is -3.71. The smallest absolute Gasteiger partial charge is 0.243 e. The lowest BCUT2D eigenvalue weighted by atomic mass is 9.99. The van der Waals surface area contributed by atoms with Crippen molar-refractivity contribution in [3.05, 3.63) is 54.4 Å². The molecule has 2 amide bonds. The molecule has 0 spiro atoms. The number of anilines is 1. The van der Waals surface area contributed by atoms with Crippen LogP contribution in [0.4, 0.5) is 5.69 Å². The van der Waals surface area contributed by atoms with Crippen LogP contribution in [0, 0.1) is 5.92 Å². The lowest BCUT2D eigenvalue weighted by molar-refractivity contribution is -0.126. The van der Waals surface area contributed by atoms with Crippen LogP contribution in [-0.4, -0.2) is 49.2 Å². The first-order chi connectivity index (χ1) is 14.9. The third kappa shape index (κ3) is 4.77. The summed E-state index contributed by atoms with van der Waals surface area (Å²) < 4.78 is 27.7. The Morgan fingerprint density at radius 2 is 1.90 bits per heavy atom. The number of nitrogens with zero attached hydrogens (tertiary/aromatic N) is 3. The minimum Gasteiger partial charge on any atom is -0.350 e. The van der Waals surface area contributed by atoms with Crippen molar-refractivity contribution in [2.45, 2.75) is 37.1 Å². The second-order valence-corrected chi connectivity index (χ2v) is 9.82. The molecule has 1 N–H and O–H groups in total. The number of hydrogen-bond donors (Lipinski definition) is 1. The van der Waals surface area contributed by atoms with Gasteiger partial charge in [0.05, 0.1) is 23.1 Å². The molecular formula is C22H26N4O4S. The first-order valence-corrected chi connectivity index (χ1v) is 12.0. The van der Waals surface area contributed by atoms with Gasteiger partial charge >= 0.3 is 0 Å². The summed E-state index contributed by atoms with van der Waals surface area (Å²) in [7, 11) is -3.71. The zero-order valence-corrected chi connectivity index (χ0v) is 18.1. The summed E-state index contributed by atoms with van der Waals surface area (Å²) in [5.41, 5.74) is 1.47. The SMILES string of the molecule is O=C(NCc1ccccn1)[C@H]1CCCN(S(=O)(=O)c2ccc(N3CCCC3=O)cc2)C1. The predicted octanol–water partition coefficient (Wildman–Crippen LogP) is 1.93. The average molecular weight is 443 g/mol. The molecule has 3 heterocycles. The van der Waals surface area contributed by atoms with Crippen molar-refractivity contribution in [3.8, 4) is 0 Å². The quantitative estimate of drug-likeness (QED) is 0.737. The molecule has 0 saturated carbocycles. The lowest BCUT2D eigenvalue weighted by Crippen LogP contribution is -2.45. The second kappa shape index (κ2) is 9.15. The molecule has 1 aromatic heterocycles. The van der Waals surface area contributed by atoms with E-state index in [0.29, 0.717) is 44.6 Å². The number of sulfonamides is 1. The van der Waals surface area contributed by atoms with E-state index in [4.69, 9.17) is 0 Å². The molecule has 1 atom stereocenters. The van der Waals surface area contributed by atoms with Crippen LogP contribution in [0.25, 0.3) is 0 Å². The van der Waals surface area contributed by atoms with Crippen LogP contribution in [-0.2, 0) is 26.2 Å². The molecule has 8 nitrogen and oxygen atoms in total. The number of piperidine rings is 1. The molecule has 9 heteroatoms. The average Bonchev–Trinajstić information content (AvgIpc) is 3.24. The van der Waals surface area contributed by atoms with E-state index in [1.54, 1.807) is 35.4 Å². The number of hydrogen-bond acceptors (Lipinski definition) is 5. The van der Waals surface area contributed by atoms with Crippen LogP contribution in [0.3, 0.4) is 0 Å². The molecule has 31 heavy (non-hydrogen) atoms. The van der Waals surface area contributed by atoms with Gasteiger partial charge in [-0.05, 0) is 55.7 Å². The number of carbonyl (C=O) groups is 2. The van der Waals surface area contributed by atoms with E-state index in [2.05, 4.69) is 10.3 Å². The van der Waals surface area contributed by atoms with Crippen LogP contribution in [0.5, 0.6) is 0 Å². The van der Waals surface area contributed by atoms with Crippen LogP contribution in [0.15, 0.2) is 53.6 Å². The summed E-state index contributed by atoms with van der Waals surface area (Å²) >= 11 is 0. The number of amides is 2. The van der Waals surface area contributed by atoms with Gasteiger partial charge in [0.15, 0.2) is 0 Å². The summed E-state index contributed by atoms with van der Waals surface area (Å²) in [5.74, 6) is -0.492. The molecule has 2 fully saturated rings. The van der Waals surface area contributed by atoms with Gasteiger partial charge in [-0.15, -0.1) is 0 Å². The molecule has 0 unspecified atom stereocenters. The predicted molar refractivity (Wildman–Crippen MR) is 116 cm³/mol. The van der Waals surface area contributed by atoms with E-state index < -0.39 is 15.9 Å². The highest BCUT2D eigenvalue weighted by Gasteiger charge is 2.33. The Kier molecular flexibility index (Phi) is 6.33. The Labute approximate surface area is 182 Å². The maximum atomic E-state index is 13.1. The molecule has 164 valence electrons. The Morgan fingerprint density at radius 3 is 2.58 bits per heavy atom. The van der Waals surface area contributed by atoms with Gasteiger partial charge in [-0.1, -0.05) is 6.07 Å². The molecule has 2 aliphatic heterocycles.